The molecule has 1 atom stereocenters. The Morgan fingerprint density at radius 1 is 1.42 bits per heavy atom. The van der Waals surface area contributed by atoms with Crippen molar-refractivity contribution in [3.63, 3.8) is 0 Å². The summed E-state index contributed by atoms with van der Waals surface area (Å²) in [5.74, 6) is 0. The molecule has 1 aromatic rings. The maximum atomic E-state index is 11.5. The Balaban J connectivity index is 2.08. The molecule has 0 bridgehead atoms. The topological polar surface area (TPSA) is 66.5 Å². The van der Waals surface area contributed by atoms with Gasteiger partial charge in [-0.1, -0.05) is 6.07 Å². The molecule has 2 amide bonds. The van der Waals surface area contributed by atoms with E-state index in [1.165, 1.54) is 5.56 Å². The molecule has 0 saturated carbocycles. The van der Waals surface area contributed by atoms with Gasteiger partial charge in [0.1, 0.15) is 0 Å². The van der Waals surface area contributed by atoms with Gasteiger partial charge in [-0.25, -0.2) is 4.79 Å². The summed E-state index contributed by atoms with van der Waals surface area (Å²) in [6, 6.07) is 4.13. The summed E-state index contributed by atoms with van der Waals surface area (Å²) in [4.78, 5) is 18.5. The fraction of sp³-hybridized carbons (Fsp3) is 0.700. The average molecular weight is 363 g/mol. The van der Waals surface area contributed by atoms with Crippen molar-refractivity contribution in [2.45, 2.75) is 46.1 Å². The third kappa shape index (κ3) is 4.95. The first-order chi connectivity index (χ1) is 12.3. The van der Waals surface area contributed by atoms with Gasteiger partial charge in [0.2, 0.25) is 0 Å². The molecule has 2 rings (SSSR count). The highest BCUT2D eigenvalue weighted by Gasteiger charge is 2.43. The van der Waals surface area contributed by atoms with Crippen molar-refractivity contribution in [2.24, 2.45) is 5.41 Å². The molecule has 146 valence electrons. The van der Waals surface area contributed by atoms with Gasteiger partial charge in [0.05, 0.1) is 6.61 Å². The number of nitrogens with one attached hydrogen (secondary N) is 2. The first-order valence-electron chi connectivity index (χ1n) is 9.54. The Labute approximate surface area is 157 Å². The Kier molecular flexibility index (Phi) is 7.01. The second kappa shape index (κ2) is 8.82. The summed E-state index contributed by atoms with van der Waals surface area (Å²) < 4.78 is 5.82. The molecule has 26 heavy (non-hydrogen) atoms. The van der Waals surface area contributed by atoms with Crippen molar-refractivity contribution in [3.8, 4) is 0 Å². The molecule has 1 aromatic heterocycles. The summed E-state index contributed by atoms with van der Waals surface area (Å²) in [6.07, 6.45) is 3.98. The molecule has 6 heteroatoms. The molecule has 0 aliphatic carbocycles. The zero-order valence-electron chi connectivity index (χ0n) is 16.9. The lowest BCUT2D eigenvalue weighted by Crippen LogP contribution is -2.43. The molecule has 1 aliphatic heterocycles. The third-order valence-corrected chi connectivity index (χ3v) is 5.63. The molecule has 2 N–H and O–H groups in total. The van der Waals surface area contributed by atoms with E-state index in [2.05, 4.69) is 46.5 Å². The average Bonchev–Trinajstić information content (AvgIpc) is 3.05. The fourth-order valence-electron chi connectivity index (χ4n) is 3.67. The van der Waals surface area contributed by atoms with Gasteiger partial charge in [-0.15, -0.1) is 0 Å². The predicted octanol–water partition coefficient (Wildman–Crippen LogP) is 2.67. The van der Waals surface area contributed by atoms with Crippen molar-refractivity contribution in [1.82, 2.24) is 20.5 Å². The van der Waals surface area contributed by atoms with E-state index < -0.39 is 0 Å². The number of ether oxygens (including phenoxy) is 1. The molecule has 6 nitrogen and oxygen atoms in total. The van der Waals surface area contributed by atoms with E-state index in [-0.39, 0.29) is 17.0 Å². The normalized spacial score (nSPS) is 21.0. The van der Waals surface area contributed by atoms with Crippen LogP contribution in [-0.4, -0.2) is 55.8 Å². The number of carbonyl (C=O) groups is 1. The first-order valence-corrected chi connectivity index (χ1v) is 9.54. The van der Waals surface area contributed by atoms with Gasteiger partial charge in [0, 0.05) is 49.6 Å². The highest BCUT2D eigenvalue weighted by atomic mass is 16.5. The number of hydrogen-bond acceptors (Lipinski definition) is 4. The van der Waals surface area contributed by atoms with Crippen molar-refractivity contribution >= 4 is 6.03 Å². The van der Waals surface area contributed by atoms with Crippen LogP contribution in [0.2, 0.25) is 0 Å². The second-order valence-corrected chi connectivity index (χ2v) is 7.81. The number of carbonyl (C=O) groups excluding carboxylic acids is 1. The van der Waals surface area contributed by atoms with Gasteiger partial charge in [-0.2, -0.15) is 0 Å². The number of aromatic nitrogens is 1. The highest BCUT2D eigenvalue weighted by molar-refractivity contribution is 5.73. The maximum Gasteiger partial charge on any atom is 0.314 e. The molecule has 0 aromatic carbocycles. The van der Waals surface area contributed by atoms with Crippen LogP contribution < -0.4 is 10.6 Å². The molecule has 1 aliphatic rings. The molecular formula is C20H34N4O2. The summed E-state index contributed by atoms with van der Waals surface area (Å²) in [5.41, 5.74) is 2.27. The van der Waals surface area contributed by atoms with Crippen LogP contribution in [0.25, 0.3) is 0 Å². The number of likely N-dealkylation sites (tertiary alicyclic amines) is 1. The van der Waals surface area contributed by atoms with Crippen LogP contribution in [0.3, 0.4) is 0 Å². The molecule has 0 spiro atoms. The highest BCUT2D eigenvalue weighted by Crippen LogP contribution is 2.40. The number of aryl methyl sites for hydroxylation is 1. The lowest BCUT2D eigenvalue weighted by molar-refractivity contribution is 0.0388. The first kappa shape index (κ1) is 20.6. The largest absolute Gasteiger partial charge is 0.381 e. The Morgan fingerprint density at radius 3 is 2.81 bits per heavy atom. The van der Waals surface area contributed by atoms with E-state index in [9.17, 15) is 4.79 Å². The minimum absolute atomic E-state index is 0.0758. The van der Waals surface area contributed by atoms with Gasteiger partial charge in [0.15, 0.2) is 0 Å². The molecule has 1 saturated heterocycles. The quantitative estimate of drug-likeness (QED) is 0.746. The number of rotatable bonds is 8. The SMILES string of the molecule is CCOCC1(CCNC(=O)NC)CCN(C(C)(C)c2ccc(C)nc2)C1. The van der Waals surface area contributed by atoms with Crippen LogP contribution in [0, 0.1) is 12.3 Å². The predicted molar refractivity (Wildman–Crippen MR) is 104 cm³/mol. The fourth-order valence-corrected chi connectivity index (χ4v) is 3.67. The van der Waals surface area contributed by atoms with Crippen molar-refractivity contribution in [1.29, 1.82) is 0 Å². The van der Waals surface area contributed by atoms with E-state index in [1.807, 2.05) is 20.0 Å². The molecule has 0 radical (unpaired) electrons. The van der Waals surface area contributed by atoms with E-state index in [1.54, 1.807) is 7.05 Å². The number of nitrogens with zero attached hydrogens (tertiary/aromatic N) is 2. The van der Waals surface area contributed by atoms with Crippen molar-refractivity contribution in [2.75, 3.05) is 39.9 Å². The van der Waals surface area contributed by atoms with Gasteiger partial charge in [-0.05, 0) is 58.7 Å². The monoisotopic (exact) mass is 362 g/mol. The smallest absolute Gasteiger partial charge is 0.314 e. The minimum atomic E-state index is -0.127. The number of urea groups is 1. The Bertz CT molecular complexity index is 588. The number of hydrogen-bond donors (Lipinski definition) is 2. The van der Waals surface area contributed by atoms with E-state index >= 15 is 0 Å². The summed E-state index contributed by atoms with van der Waals surface area (Å²) in [7, 11) is 1.64. The van der Waals surface area contributed by atoms with Crippen LogP contribution in [0.15, 0.2) is 18.3 Å². The summed E-state index contributed by atoms with van der Waals surface area (Å²) in [6.45, 7) is 12.7. The van der Waals surface area contributed by atoms with Gasteiger partial charge < -0.3 is 15.4 Å². The van der Waals surface area contributed by atoms with Crippen molar-refractivity contribution < 1.29 is 9.53 Å². The Morgan fingerprint density at radius 2 is 2.19 bits per heavy atom. The molecule has 1 unspecified atom stereocenters. The number of pyridine rings is 1. The van der Waals surface area contributed by atoms with Crippen molar-refractivity contribution in [3.05, 3.63) is 29.6 Å². The van der Waals surface area contributed by atoms with Crippen LogP contribution >= 0.6 is 0 Å². The molecular weight excluding hydrogens is 328 g/mol. The van der Waals surface area contributed by atoms with E-state index in [0.29, 0.717) is 6.54 Å². The van der Waals surface area contributed by atoms with Crippen LogP contribution in [0.1, 0.15) is 44.9 Å². The molecule has 2 heterocycles. The zero-order chi connectivity index (χ0) is 19.2. The second-order valence-electron chi connectivity index (χ2n) is 7.81. The third-order valence-electron chi connectivity index (χ3n) is 5.63. The van der Waals surface area contributed by atoms with Gasteiger partial charge >= 0.3 is 6.03 Å². The van der Waals surface area contributed by atoms with Crippen LogP contribution in [0.5, 0.6) is 0 Å². The lowest BCUT2D eigenvalue weighted by atomic mass is 9.84. The van der Waals surface area contributed by atoms with Crippen LogP contribution in [0.4, 0.5) is 4.79 Å². The standard InChI is InChI=1S/C20H34N4O2/c1-6-26-15-20(9-11-22-18(25)21-5)10-12-24(14-20)19(3,4)17-8-7-16(2)23-13-17/h7-8,13H,6,9-12,14-15H2,1-5H3,(H2,21,22,25). The zero-order valence-corrected chi connectivity index (χ0v) is 16.9. The van der Waals surface area contributed by atoms with E-state index in [4.69, 9.17) is 4.74 Å². The number of amides is 2. The van der Waals surface area contributed by atoms with Gasteiger partial charge in [-0.3, -0.25) is 9.88 Å². The molecule has 1 fully saturated rings. The maximum absolute atomic E-state index is 11.5. The lowest BCUT2D eigenvalue weighted by Gasteiger charge is -2.38. The Hall–Kier alpha value is -1.66. The van der Waals surface area contributed by atoms with Crippen LogP contribution in [-0.2, 0) is 10.3 Å². The summed E-state index contributed by atoms with van der Waals surface area (Å²) in [5, 5.41) is 5.52. The van der Waals surface area contributed by atoms with Gasteiger partial charge in [0.25, 0.3) is 0 Å². The minimum Gasteiger partial charge on any atom is -0.381 e. The summed E-state index contributed by atoms with van der Waals surface area (Å²) >= 11 is 0. The van der Waals surface area contributed by atoms with E-state index in [0.717, 1.165) is 44.8 Å².